The number of nitrogens with two attached hydrogens (primary N) is 1. The number of nitrogen functional groups attached to an aromatic ring is 1. The first-order valence-corrected chi connectivity index (χ1v) is 6.58. The van der Waals surface area contributed by atoms with E-state index in [1.165, 1.54) is 12.1 Å². The molecule has 0 saturated carbocycles. The summed E-state index contributed by atoms with van der Waals surface area (Å²) in [5.74, 6) is -0.758. The number of rotatable bonds is 2. The molecule has 1 aromatic carbocycles. The van der Waals surface area contributed by atoms with E-state index in [4.69, 9.17) is 5.73 Å². The third-order valence-electron chi connectivity index (χ3n) is 2.74. The zero-order valence-electron chi connectivity index (χ0n) is 9.01. The van der Waals surface area contributed by atoms with Crippen LogP contribution in [0.15, 0.2) is 23.1 Å². The second-order valence-corrected chi connectivity index (χ2v) is 5.93. The molecule has 1 aromatic rings. The molecule has 7 heteroatoms. The molecule has 2 rings (SSSR count). The van der Waals surface area contributed by atoms with E-state index in [1.54, 1.807) is 0 Å². The van der Waals surface area contributed by atoms with Gasteiger partial charge in [-0.2, -0.15) is 4.31 Å². The lowest BCUT2D eigenvalue weighted by molar-refractivity contribution is 0.189. The molecular formula is C10H13FN2O3S. The fraction of sp³-hybridized carbons (Fsp3) is 0.400. The molecule has 1 atom stereocenters. The number of anilines is 1. The quantitative estimate of drug-likeness (QED) is 0.742. The van der Waals surface area contributed by atoms with Crippen molar-refractivity contribution in [3.05, 3.63) is 24.0 Å². The summed E-state index contributed by atoms with van der Waals surface area (Å²) in [7, 11) is -3.73. The molecule has 17 heavy (non-hydrogen) atoms. The van der Waals surface area contributed by atoms with Gasteiger partial charge in [-0.05, 0) is 24.6 Å². The second-order valence-electron chi connectivity index (χ2n) is 3.99. The zero-order valence-corrected chi connectivity index (χ0v) is 9.82. The fourth-order valence-electron chi connectivity index (χ4n) is 1.75. The van der Waals surface area contributed by atoms with Crippen molar-refractivity contribution in [2.45, 2.75) is 17.4 Å². The maximum absolute atomic E-state index is 13.2. The first-order chi connectivity index (χ1) is 7.91. The van der Waals surface area contributed by atoms with Gasteiger partial charge < -0.3 is 10.8 Å². The fourth-order valence-corrected chi connectivity index (χ4v) is 3.25. The van der Waals surface area contributed by atoms with Gasteiger partial charge in [-0.3, -0.25) is 0 Å². The predicted molar refractivity (Wildman–Crippen MR) is 60.2 cm³/mol. The normalized spacial score (nSPS) is 21.9. The molecule has 1 unspecified atom stereocenters. The maximum atomic E-state index is 13.2. The highest BCUT2D eigenvalue weighted by Gasteiger charge is 2.31. The molecule has 5 nitrogen and oxygen atoms in total. The van der Waals surface area contributed by atoms with Gasteiger partial charge in [0.1, 0.15) is 5.82 Å². The van der Waals surface area contributed by atoms with E-state index in [0.717, 1.165) is 10.4 Å². The summed E-state index contributed by atoms with van der Waals surface area (Å²) >= 11 is 0. The Bertz CT molecular complexity index is 532. The van der Waals surface area contributed by atoms with E-state index in [0.29, 0.717) is 6.42 Å². The van der Waals surface area contributed by atoms with Crippen LogP contribution in [0.4, 0.5) is 10.1 Å². The van der Waals surface area contributed by atoms with Crippen molar-refractivity contribution in [2.24, 2.45) is 0 Å². The Hall–Kier alpha value is -1.18. The molecule has 0 amide bonds. The first kappa shape index (κ1) is 12.3. The predicted octanol–water partition coefficient (Wildman–Crippen LogP) is 0.163. The van der Waals surface area contributed by atoms with Crippen LogP contribution >= 0.6 is 0 Å². The molecule has 0 aliphatic carbocycles. The average molecular weight is 260 g/mol. The number of hydrogen-bond acceptors (Lipinski definition) is 4. The Kier molecular flexibility index (Phi) is 3.07. The number of hydrogen-bond donors (Lipinski definition) is 2. The lowest BCUT2D eigenvalue weighted by atomic mass is 10.3. The largest absolute Gasteiger partial charge is 0.396 e. The summed E-state index contributed by atoms with van der Waals surface area (Å²) in [4.78, 5) is -0.140. The molecule has 0 radical (unpaired) electrons. The summed E-state index contributed by atoms with van der Waals surface area (Å²) in [6.45, 7) is 0.295. The molecule has 94 valence electrons. The Morgan fingerprint density at radius 1 is 1.47 bits per heavy atom. The summed E-state index contributed by atoms with van der Waals surface area (Å²) in [5.41, 5.74) is 5.19. The number of nitrogens with zero attached hydrogens (tertiary/aromatic N) is 1. The summed E-state index contributed by atoms with van der Waals surface area (Å²) < 4.78 is 38.5. The topological polar surface area (TPSA) is 83.6 Å². The van der Waals surface area contributed by atoms with Gasteiger partial charge in [-0.15, -0.1) is 0 Å². The summed E-state index contributed by atoms with van der Waals surface area (Å²) in [5, 5.41) is 9.31. The van der Waals surface area contributed by atoms with Crippen LogP contribution in [0.2, 0.25) is 0 Å². The number of benzene rings is 1. The van der Waals surface area contributed by atoms with E-state index in [2.05, 4.69) is 0 Å². The Labute approximate surface area is 98.7 Å². The van der Waals surface area contributed by atoms with Crippen LogP contribution in [0, 0.1) is 5.82 Å². The summed E-state index contributed by atoms with van der Waals surface area (Å²) in [6.07, 6.45) is -0.250. The van der Waals surface area contributed by atoms with Crippen molar-refractivity contribution in [3.63, 3.8) is 0 Å². The van der Waals surface area contributed by atoms with Crippen molar-refractivity contribution < 1.29 is 17.9 Å². The molecule has 0 spiro atoms. The Morgan fingerprint density at radius 2 is 2.18 bits per heavy atom. The van der Waals surface area contributed by atoms with Crippen LogP contribution < -0.4 is 5.73 Å². The number of β-amino-alcohol motifs (C(OH)–C–C–N with tert-alkyl or cyclic N) is 1. The average Bonchev–Trinajstić information content (AvgIpc) is 2.69. The minimum Gasteiger partial charge on any atom is -0.396 e. The van der Waals surface area contributed by atoms with Gasteiger partial charge in [0.05, 0.1) is 16.7 Å². The number of sulfonamides is 1. The lowest BCUT2D eigenvalue weighted by Gasteiger charge is -2.15. The molecule has 1 aliphatic heterocycles. The molecule has 1 fully saturated rings. The smallest absolute Gasteiger partial charge is 0.243 e. The third-order valence-corrected chi connectivity index (χ3v) is 4.60. The Morgan fingerprint density at radius 3 is 2.71 bits per heavy atom. The molecule has 1 aliphatic rings. The van der Waals surface area contributed by atoms with Crippen molar-refractivity contribution in [1.29, 1.82) is 0 Å². The first-order valence-electron chi connectivity index (χ1n) is 5.14. The van der Waals surface area contributed by atoms with Crippen molar-refractivity contribution >= 4 is 15.7 Å². The van der Waals surface area contributed by atoms with Gasteiger partial charge in [0.2, 0.25) is 10.0 Å². The van der Waals surface area contributed by atoms with Gasteiger partial charge in [0, 0.05) is 13.1 Å². The van der Waals surface area contributed by atoms with Gasteiger partial charge in [-0.1, -0.05) is 0 Å². The van der Waals surface area contributed by atoms with Crippen LogP contribution in [0.25, 0.3) is 0 Å². The van der Waals surface area contributed by atoms with Gasteiger partial charge >= 0.3 is 0 Å². The van der Waals surface area contributed by atoms with E-state index < -0.39 is 21.9 Å². The summed E-state index contributed by atoms with van der Waals surface area (Å²) in [6, 6.07) is 3.38. The number of aliphatic hydroxyl groups excluding tert-OH is 1. The van der Waals surface area contributed by atoms with E-state index >= 15 is 0 Å². The van der Waals surface area contributed by atoms with Crippen LogP contribution in [-0.2, 0) is 10.0 Å². The van der Waals surface area contributed by atoms with Crippen LogP contribution in [0.1, 0.15) is 6.42 Å². The monoisotopic (exact) mass is 260 g/mol. The minimum atomic E-state index is -3.73. The highest BCUT2D eigenvalue weighted by molar-refractivity contribution is 7.89. The molecule has 1 saturated heterocycles. The number of halogens is 1. The third kappa shape index (κ3) is 2.26. The SMILES string of the molecule is Nc1ccc(S(=O)(=O)N2CCC(O)C2)cc1F. The van der Waals surface area contributed by atoms with Gasteiger partial charge in [0.25, 0.3) is 0 Å². The lowest BCUT2D eigenvalue weighted by Crippen LogP contribution is -2.29. The zero-order chi connectivity index (χ0) is 12.6. The van der Waals surface area contributed by atoms with Crippen LogP contribution in [0.5, 0.6) is 0 Å². The maximum Gasteiger partial charge on any atom is 0.243 e. The molecule has 1 heterocycles. The Balaban J connectivity index is 2.35. The van der Waals surface area contributed by atoms with Gasteiger partial charge in [-0.25, -0.2) is 12.8 Å². The second kappa shape index (κ2) is 4.25. The van der Waals surface area contributed by atoms with Crippen LogP contribution in [0.3, 0.4) is 0 Å². The highest BCUT2D eigenvalue weighted by atomic mass is 32.2. The van der Waals surface area contributed by atoms with E-state index in [9.17, 15) is 17.9 Å². The number of aliphatic hydroxyl groups is 1. The van der Waals surface area contributed by atoms with Crippen LogP contribution in [-0.4, -0.2) is 37.0 Å². The van der Waals surface area contributed by atoms with Crippen molar-refractivity contribution in [3.8, 4) is 0 Å². The van der Waals surface area contributed by atoms with Gasteiger partial charge in [0.15, 0.2) is 0 Å². The van der Waals surface area contributed by atoms with Crippen molar-refractivity contribution in [1.82, 2.24) is 4.31 Å². The van der Waals surface area contributed by atoms with E-state index in [-0.39, 0.29) is 23.7 Å². The molecule has 0 aromatic heterocycles. The highest BCUT2D eigenvalue weighted by Crippen LogP contribution is 2.23. The standard InChI is InChI=1S/C10H13FN2O3S/c11-9-5-8(1-2-10(9)12)17(15,16)13-4-3-7(14)6-13/h1-2,5,7,14H,3-4,6,12H2. The van der Waals surface area contributed by atoms with E-state index in [1.807, 2.05) is 0 Å². The molecule has 0 bridgehead atoms. The molecular weight excluding hydrogens is 247 g/mol. The van der Waals surface area contributed by atoms with Crippen molar-refractivity contribution in [2.75, 3.05) is 18.8 Å². The molecule has 3 N–H and O–H groups in total. The minimum absolute atomic E-state index is 0.0499.